The lowest BCUT2D eigenvalue weighted by Crippen LogP contribution is -2.25. The molecule has 1 heterocycles. The Morgan fingerprint density at radius 2 is 2.05 bits per heavy atom. The largest absolute Gasteiger partial charge is 0.493 e. The van der Waals surface area contributed by atoms with Crippen LogP contribution in [0.15, 0.2) is 41.2 Å². The lowest BCUT2D eigenvalue weighted by molar-refractivity contribution is 0.0945. The Balaban J connectivity index is 2.06. The minimum Gasteiger partial charge on any atom is -0.493 e. The highest BCUT2D eigenvalue weighted by Gasteiger charge is 2.09. The average Bonchev–Trinajstić information content (AvgIpc) is 2.50. The molecule has 0 unspecified atom stereocenters. The van der Waals surface area contributed by atoms with Gasteiger partial charge >= 0.3 is 0 Å². The van der Waals surface area contributed by atoms with E-state index < -0.39 is 0 Å². The molecule has 5 heteroatoms. The molecule has 1 amide bonds. The Hall–Kier alpha value is -2.56. The number of rotatable bonds is 6. The fraction of sp³-hybridized carbons (Fsp3) is 0.294. The maximum atomic E-state index is 12.1. The monoisotopic (exact) mass is 300 g/mol. The summed E-state index contributed by atoms with van der Waals surface area (Å²) in [5, 5.41) is 2.80. The van der Waals surface area contributed by atoms with Gasteiger partial charge in [0.05, 0.1) is 6.61 Å². The number of aryl methyl sites for hydroxylation is 1. The average molecular weight is 300 g/mol. The summed E-state index contributed by atoms with van der Waals surface area (Å²) < 4.78 is 5.65. The molecule has 0 bridgehead atoms. The maximum Gasteiger partial charge on any atom is 0.268 e. The molecule has 0 atom stereocenters. The first-order valence-corrected chi connectivity index (χ1v) is 7.30. The van der Waals surface area contributed by atoms with E-state index in [-0.39, 0.29) is 17.0 Å². The van der Waals surface area contributed by atoms with Gasteiger partial charge in [-0.3, -0.25) is 9.59 Å². The molecule has 0 fully saturated rings. The molecule has 0 spiro atoms. The Kier molecular flexibility index (Phi) is 5.36. The molecule has 0 saturated heterocycles. The Labute approximate surface area is 129 Å². The van der Waals surface area contributed by atoms with E-state index in [1.165, 1.54) is 12.1 Å². The minimum atomic E-state index is -0.314. The molecule has 5 nitrogen and oxygen atoms in total. The van der Waals surface area contributed by atoms with Crippen molar-refractivity contribution in [2.45, 2.75) is 26.8 Å². The van der Waals surface area contributed by atoms with E-state index in [1.807, 2.05) is 31.2 Å². The fourth-order valence-electron chi connectivity index (χ4n) is 2.08. The SMILES string of the molecule is CCCOc1ccccc1CNC(=O)c1cc(=O)cc(C)[nH]1. The van der Waals surface area contributed by atoms with E-state index in [9.17, 15) is 9.59 Å². The maximum absolute atomic E-state index is 12.1. The molecule has 0 saturated carbocycles. The summed E-state index contributed by atoms with van der Waals surface area (Å²) in [5.74, 6) is 0.452. The number of benzene rings is 1. The van der Waals surface area contributed by atoms with Crippen molar-refractivity contribution in [2.24, 2.45) is 0 Å². The molecule has 0 aliphatic rings. The van der Waals surface area contributed by atoms with Gasteiger partial charge in [0, 0.05) is 29.9 Å². The highest BCUT2D eigenvalue weighted by atomic mass is 16.5. The molecule has 116 valence electrons. The summed E-state index contributed by atoms with van der Waals surface area (Å²) >= 11 is 0. The Bertz CT molecular complexity index is 707. The summed E-state index contributed by atoms with van der Waals surface area (Å²) in [6, 6.07) is 10.3. The van der Waals surface area contributed by atoms with Gasteiger partial charge in [0.25, 0.3) is 5.91 Å². The van der Waals surface area contributed by atoms with Gasteiger partial charge in [-0.05, 0) is 19.4 Å². The number of pyridine rings is 1. The number of ether oxygens (including phenoxy) is 1. The molecule has 1 aromatic carbocycles. The number of carbonyl (C=O) groups is 1. The van der Waals surface area contributed by atoms with Crippen LogP contribution < -0.4 is 15.5 Å². The molecular weight excluding hydrogens is 280 g/mol. The van der Waals surface area contributed by atoms with Crippen molar-refractivity contribution in [2.75, 3.05) is 6.61 Å². The Morgan fingerprint density at radius 3 is 2.77 bits per heavy atom. The number of hydrogen-bond acceptors (Lipinski definition) is 3. The first-order chi connectivity index (χ1) is 10.6. The second kappa shape index (κ2) is 7.45. The van der Waals surface area contributed by atoms with Crippen LogP contribution in [-0.4, -0.2) is 17.5 Å². The topological polar surface area (TPSA) is 71.2 Å². The molecule has 2 aromatic rings. The third kappa shape index (κ3) is 4.22. The van der Waals surface area contributed by atoms with Crippen molar-refractivity contribution >= 4 is 5.91 Å². The van der Waals surface area contributed by atoms with Gasteiger partial charge in [0.1, 0.15) is 11.4 Å². The summed E-state index contributed by atoms with van der Waals surface area (Å²) in [4.78, 5) is 26.5. The van der Waals surface area contributed by atoms with Crippen molar-refractivity contribution in [1.82, 2.24) is 10.3 Å². The summed E-state index contributed by atoms with van der Waals surface area (Å²) in [7, 11) is 0. The van der Waals surface area contributed by atoms with Crippen LogP contribution in [0.5, 0.6) is 5.75 Å². The Morgan fingerprint density at radius 1 is 1.27 bits per heavy atom. The van der Waals surface area contributed by atoms with Crippen LogP contribution in [-0.2, 0) is 6.54 Å². The summed E-state index contributed by atoms with van der Waals surface area (Å²) in [6.07, 6.45) is 0.922. The molecule has 0 radical (unpaired) electrons. The van der Waals surface area contributed by atoms with E-state index in [0.717, 1.165) is 17.7 Å². The molecule has 1 aromatic heterocycles. The molecule has 2 N–H and O–H groups in total. The van der Waals surface area contributed by atoms with Crippen molar-refractivity contribution in [3.05, 3.63) is 63.6 Å². The molecule has 2 rings (SSSR count). The van der Waals surface area contributed by atoms with E-state index in [1.54, 1.807) is 6.92 Å². The quantitative estimate of drug-likeness (QED) is 0.860. The number of carbonyl (C=O) groups excluding carboxylic acids is 1. The van der Waals surface area contributed by atoms with E-state index in [4.69, 9.17) is 4.74 Å². The standard InChI is InChI=1S/C17H20N2O3/c1-3-8-22-16-7-5-4-6-13(16)11-18-17(21)15-10-14(20)9-12(2)19-15/h4-7,9-10H,3,8,11H2,1-2H3,(H,18,21)(H,19,20). The molecule has 0 aliphatic heterocycles. The van der Waals surface area contributed by atoms with Gasteiger partial charge in [0.15, 0.2) is 5.43 Å². The first kappa shape index (κ1) is 15.8. The van der Waals surface area contributed by atoms with Crippen LogP contribution in [0.1, 0.15) is 35.1 Å². The van der Waals surface area contributed by atoms with Crippen molar-refractivity contribution in [3.8, 4) is 5.75 Å². The number of amides is 1. The lowest BCUT2D eigenvalue weighted by Gasteiger charge is -2.11. The summed E-state index contributed by atoms with van der Waals surface area (Å²) in [6.45, 7) is 4.76. The zero-order valence-electron chi connectivity index (χ0n) is 12.8. The zero-order valence-corrected chi connectivity index (χ0v) is 12.8. The first-order valence-electron chi connectivity index (χ1n) is 7.30. The lowest BCUT2D eigenvalue weighted by atomic mass is 10.2. The van der Waals surface area contributed by atoms with E-state index in [0.29, 0.717) is 18.8 Å². The molecule has 0 aliphatic carbocycles. The smallest absolute Gasteiger partial charge is 0.268 e. The molecular formula is C17H20N2O3. The van der Waals surface area contributed by atoms with Crippen LogP contribution in [0.3, 0.4) is 0 Å². The third-order valence-electron chi connectivity index (χ3n) is 3.10. The number of hydrogen-bond donors (Lipinski definition) is 2. The van der Waals surface area contributed by atoms with Crippen molar-refractivity contribution in [1.29, 1.82) is 0 Å². The number of H-pyrrole nitrogens is 1. The van der Waals surface area contributed by atoms with Gasteiger partial charge in [-0.1, -0.05) is 25.1 Å². The van der Waals surface area contributed by atoms with Gasteiger partial charge < -0.3 is 15.0 Å². The van der Waals surface area contributed by atoms with Crippen LogP contribution in [0, 0.1) is 6.92 Å². The van der Waals surface area contributed by atoms with Crippen LogP contribution >= 0.6 is 0 Å². The highest BCUT2D eigenvalue weighted by Crippen LogP contribution is 2.17. The highest BCUT2D eigenvalue weighted by molar-refractivity contribution is 5.92. The summed E-state index contributed by atoms with van der Waals surface area (Å²) in [5.41, 5.74) is 1.63. The van der Waals surface area contributed by atoms with Crippen LogP contribution in [0.4, 0.5) is 0 Å². The van der Waals surface area contributed by atoms with Crippen molar-refractivity contribution in [3.63, 3.8) is 0 Å². The number of aromatic amines is 1. The minimum absolute atomic E-state index is 0.187. The van der Waals surface area contributed by atoms with Gasteiger partial charge in [-0.25, -0.2) is 0 Å². The number of nitrogens with one attached hydrogen (secondary N) is 2. The van der Waals surface area contributed by atoms with Gasteiger partial charge in [-0.2, -0.15) is 0 Å². The van der Waals surface area contributed by atoms with E-state index >= 15 is 0 Å². The van der Waals surface area contributed by atoms with Gasteiger partial charge in [-0.15, -0.1) is 0 Å². The fourth-order valence-corrected chi connectivity index (χ4v) is 2.08. The zero-order chi connectivity index (χ0) is 15.9. The predicted molar refractivity (Wildman–Crippen MR) is 85.2 cm³/mol. The normalized spacial score (nSPS) is 10.3. The van der Waals surface area contributed by atoms with Crippen LogP contribution in [0.25, 0.3) is 0 Å². The molecule has 22 heavy (non-hydrogen) atoms. The van der Waals surface area contributed by atoms with Crippen LogP contribution in [0.2, 0.25) is 0 Å². The van der Waals surface area contributed by atoms with Gasteiger partial charge in [0.2, 0.25) is 0 Å². The number of aromatic nitrogens is 1. The predicted octanol–water partition coefficient (Wildman–Crippen LogP) is 2.40. The number of para-hydroxylation sites is 1. The second-order valence-corrected chi connectivity index (χ2v) is 5.05. The van der Waals surface area contributed by atoms with Crippen molar-refractivity contribution < 1.29 is 9.53 Å². The third-order valence-corrected chi connectivity index (χ3v) is 3.10. The second-order valence-electron chi connectivity index (χ2n) is 5.05. The van der Waals surface area contributed by atoms with E-state index in [2.05, 4.69) is 10.3 Å².